The summed E-state index contributed by atoms with van der Waals surface area (Å²) in [4.78, 5) is 13.6. The van der Waals surface area contributed by atoms with Crippen molar-refractivity contribution in [1.82, 2.24) is 9.47 Å². The molecule has 0 bridgehead atoms. The summed E-state index contributed by atoms with van der Waals surface area (Å²) < 4.78 is 2.06. The lowest BCUT2D eigenvalue weighted by Gasteiger charge is -2.20. The molecule has 2 amide bonds. The maximum atomic E-state index is 12.2. The second kappa shape index (κ2) is 7.10. The maximum Gasteiger partial charge on any atom is 0.322 e. The van der Waals surface area contributed by atoms with Crippen molar-refractivity contribution < 1.29 is 15.0 Å². The lowest BCUT2D eigenvalue weighted by Crippen LogP contribution is -2.38. The highest BCUT2D eigenvalue weighted by Crippen LogP contribution is 2.26. The fraction of sp³-hybridized carbons (Fsp3) is 0.400. The first kappa shape index (κ1) is 15.3. The van der Waals surface area contributed by atoms with E-state index >= 15 is 0 Å². The van der Waals surface area contributed by atoms with Crippen molar-refractivity contribution in [3.63, 3.8) is 0 Å². The van der Waals surface area contributed by atoms with Gasteiger partial charge >= 0.3 is 6.03 Å². The molecule has 0 spiro atoms. The smallest absolute Gasteiger partial charge is 0.322 e. The zero-order chi connectivity index (χ0) is 15.2. The van der Waals surface area contributed by atoms with Crippen molar-refractivity contribution in [1.29, 1.82) is 0 Å². The molecule has 6 nitrogen and oxygen atoms in total. The number of hydrogen-bond donors (Lipinski definition) is 3. The third-order valence-electron chi connectivity index (χ3n) is 3.40. The fourth-order valence-electron chi connectivity index (χ4n) is 2.36. The van der Waals surface area contributed by atoms with E-state index in [4.69, 9.17) is 10.2 Å². The topological polar surface area (TPSA) is 77.7 Å². The molecule has 0 fully saturated rings. The quantitative estimate of drug-likeness (QED) is 0.754. The van der Waals surface area contributed by atoms with E-state index in [9.17, 15) is 4.79 Å². The molecule has 21 heavy (non-hydrogen) atoms. The number of anilines is 1. The Bertz CT molecular complexity index is 603. The molecule has 0 aliphatic heterocycles. The van der Waals surface area contributed by atoms with Crippen LogP contribution in [0.3, 0.4) is 0 Å². The summed E-state index contributed by atoms with van der Waals surface area (Å²) in [6, 6.07) is 7.53. The summed E-state index contributed by atoms with van der Waals surface area (Å²) in [5.74, 6) is 0. The third kappa shape index (κ3) is 3.34. The van der Waals surface area contributed by atoms with Crippen molar-refractivity contribution in [3.05, 3.63) is 30.5 Å². The van der Waals surface area contributed by atoms with E-state index in [0.29, 0.717) is 0 Å². The van der Waals surface area contributed by atoms with Gasteiger partial charge in [-0.05, 0) is 13.0 Å². The Morgan fingerprint density at radius 1 is 1.24 bits per heavy atom. The fourth-order valence-corrected chi connectivity index (χ4v) is 2.36. The zero-order valence-corrected chi connectivity index (χ0v) is 12.1. The standard InChI is InChI=1S/C15H21N3O3/c1-2-17-11-13(12-5-3-4-6-14(12)17)16-15(21)18(7-9-19)8-10-20/h3-6,11,19-20H,2,7-10H2,1H3,(H,16,21). The number of para-hydroxylation sites is 1. The number of nitrogens with zero attached hydrogens (tertiary/aromatic N) is 2. The number of aliphatic hydroxyl groups is 2. The third-order valence-corrected chi connectivity index (χ3v) is 3.40. The first-order chi connectivity index (χ1) is 10.2. The second-order valence-electron chi connectivity index (χ2n) is 4.71. The van der Waals surface area contributed by atoms with Gasteiger partial charge in [-0.25, -0.2) is 4.79 Å². The molecule has 6 heteroatoms. The normalized spacial score (nSPS) is 10.8. The average molecular weight is 291 g/mol. The van der Waals surface area contributed by atoms with Gasteiger partial charge in [-0.15, -0.1) is 0 Å². The molecule has 0 atom stereocenters. The average Bonchev–Trinajstić information content (AvgIpc) is 2.85. The summed E-state index contributed by atoms with van der Waals surface area (Å²) in [6.07, 6.45) is 1.90. The van der Waals surface area contributed by atoms with Gasteiger partial charge in [-0.3, -0.25) is 0 Å². The zero-order valence-electron chi connectivity index (χ0n) is 12.1. The molecule has 0 saturated heterocycles. The van der Waals surface area contributed by atoms with Gasteiger partial charge in [0, 0.05) is 31.2 Å². The predicted octanol–water partition coefficient (Wildman–Crippen LogP) is 1.48. The molecule has 0 aliphatic carbocycles. The summed E-state index contributed by atoms with van der Waals surface area (Å²) in [7, 11) is 0. The Labute approximate surface area is 123 Å². The monoisotopic (exact) mass is 291 g/mol. The minimum atomic E-state index is -0.322. The summed E-state index contributed by atoms with van der Waals surface area (Å²) in [5, 5.41) is 21.8. The van der Waals surface area contributed by atoms with E-state index in [0.717, 1.165) is 23.1 Å². The SMILES string of the molecule is CCn1cc(NC(=O)N(CCO)CCO)c2ccccc21. The molecule has 0 saturated carbocycles. The molecule has 0 radical (unpaired) electrons. The molecule has 0 unspecified atom stereocenters. The van der Waals surface area contributed by atoms with Gasteiger partial charge in [0.15, 0.2) is 0 Å². The van der Waals surface area contributed by atoms with Crippen molar-refractivity contribution in [2.75, 3.05) is 31.6 Å². The van der Waals surface area contributed by atoms with E-state index in [1.807, 2.05) is 37.4 Å². The van der Waals surface area contributed by atoms with Gasteiger partial charge in [0.2, 0.25) is 0 Å². The van der Waals surface area contributed by atoms with Gasteiger partial charge < -0.3 is 25.0 Å². The number of urea groups is 1. The Kier molecular flexibility index (Phi) is 5.19. The Morgan fingerprint density at radius 3 is 2.52 bits per heavy atom. The van der Waals surface area contributed by atoms with Gasteiger partial charge in [-0.2, -0.15) is 0 Å². The number of amides is 2. The van der Waals surface area contributed by atoms with Gasteiger partial charge in [0.05, 0.1) is 24.4 Å². The van der Waals surface area contributed by atoms with Crippen LogP contribution in [0.1, 0.15) is 6.92 Å². The van der Waals surface area contributed by atoms with E-state index < -0.39 is 0 Å². The van der Waals surface area contributed by atoms with Crippen LogP contribution in [-0.4, -0.2) is 52.0 Å². The number of hydrogen-bond acceptors (Lipinski definition) is 3. The van der Waals surface area contributed by atoms with Gasteiger partial charge in [0.1, 0.15) is 0 Å². The van der Waals surface area contributed by atoms with E-state index in [1.54, 1.807) is 0 Å². The summed E-state index contributed by atoms with van der Waals surface area (Å²) >= 11 is 0. The highest BCUT2D eigenvalue weighted by atomic mass is 16.3. The predicted molar refractivity (Wildman–Crippen MR) is 82.4 cm³/mol. The molecular formula is C15H21N3O3. The van der Waals surface area contributed by atoms with Crippen LogP contribution in [0.5, 0.6) is 0 Å². The lowest BCUT2D eigenvalue weighted by molar-refractivity contribution is 0.168. The number of benzene rings is 1. The summed E-state index contributed by atoms with van der Waals surface area (Å²) in [6.45, 7) is 2.97. The number of aryl methyl sites for hydroxylation is 1. The Balaban J connectivity index is 2.24. The number of aliphatic hydroxyl groups excluding tert-OH is 2. The molecule has 114 valence electrons. The molecule has 1 heterocycles. The van der Waals surface area contributed by atoms with Gasteiger partial charge in [0.25, 0.3) is 0 Å². The van der Waals surface area contributed by atoms with Crippen molar-refractivity contribution in [2.45, 2.75) is 13.5 Å². The molecule has 2 aromatic rings. The Hall–Kier alpha value is -2.05. The molecule has 3 N–H and O–H groups in total. The number of nitrogens with one attached hydrogen (secondary N) is 1. The highest BCUT2D eigenvalue weighted by Gasteiger charge is 2.15. The largest absolute Gasteiger partial charge is 0.395 e. The number of carbonyl (C=O) groups is 1. The molecule has 2 rings (SSSR count). The van der Waals surface area contributed by atoms with Crippen molar-refractivity contribution in [3.8, 4) is 0 Å². The van der Waals surface area contributed by atoms with Crippen LogP contribution in [0.25, 0.3) is 10.9 Å². The minimum Gasteiger partial charge on any atom is -0.395 e. The molecule has 1 aromatic heterocycles. The van der Waals surface area contributed by atoms with Crippen LogP contribution in [0.2, 0.25) is 0 Å². The van der Waals surface area contributed by atoms with Crippen LogP contribution < -0.4 is 5.32 Å². The number of carbonyl (C=O) groups excluding carboxylic acids is 1. The second-order valence-corrected chi connectivity index (χ2v) is 4.71. The number of fused-ring (bicyclic) bond motifs is 1. The van der Waals surface area contributed by atoms with E-state index in [2.05, 4.69) is 9.88 Å². The van der Waals surface area contributed by atoms with Crippen molar-refractivity contribution >= 4 is 22.6 Å². The van der Waals surface area contributed by atoms with Crippen molar-refractivity contribution in [2.24, 2.45) is 0 Å². The molecule has 0 aliphatic rings. The van der Waals surface area contributed by atoms with Gasteiger partial charge in [-0.1, -0.05) is 18.2 Å². The minimum absolute atomic E-state index is 0.135. The lowest BCUT2D eigenvalue weighted by atomic mass is 10.2. The first-order valence-electron chi connectivity index (χ1n) is 7.06. The van der Waals surface area contributed by atoms with Crippen LogP contribution in [0.15, 0.2) is 30.5 Å². The summed E-state index contributed by atoms with van der Waals surface area (Å²) in [5.41, 5.74) is 1.80. The number of rotatable bonds is 6. The molecule has 1 aromatic carbocycles. The van der Waals surface area contributed by atoms with E-state index in [-0.39, 0.29) is 32.3 Å². The van der Waals surface area contributed by atoms with Crippen LogP contribution >= 0.6 is 0 Å². The highest BCUT2D eigenvalue weighted by molar-refractivity contribution is 6.01. The molecular weight excluding hydrogens is 270 g/mol. The Morgan fingerprint density at radius 2 is 1.90 bits per heavy atom. The van der Waals surface area contributed by atoms with Crippen LogP contribution in [0, 0.1) is 0 Å². The maximum absolute atomic E-state index is 12.2. The van der Waals surface area contributed by atoms with Crippen LogP contribution in [-0.2, 0) is 6.54 Å². The first-order valence-corrected chi connectivity index (χ1v) is 7.06. The van der Waals surface area contributed by atoms with Crippen LogP contribution in [0.4, 0.5) is 10.5 Å². The van der Waals surface area contributed by atoms with E-state index in [1.165, 1.54) is 4.90 Å². The number of aromatic nitrogens is 1.